The zero-order valence-corrected chi connectivity index (χ0v) is 30.2. The molecule has 1 aromatic heterocycles. The van der Waals surface area contributed by atoms with E-state index in [9.17, 15) is 58.4 Å². The molecular weight excluding hydrogens is 770 g/mol. The summed E-state index contributed by atoms with van der Waals surface area (Å²) in [4.78, 5) is 94.2. The Hall–Kier alpha value is -3.22. The highest BCUT2D eigenvalue weighted by Crippen LogP contribution is 2.62. The van der Waals surface area contributed by atoms with Crippen LogP contribution in [0, 0.1) is 0 Å². The largest absolute Gasteiger partial charge is 0.481 e. The number of aromatic amines is 1. The molecule has 26 heteroatoms. The van der Waals surface area contributed by atoms with Gasteiger partial charge in [0.2, 0.25) is 6.29 Å². The molecular formula is C26H36N2O21P2S. The van der Waals surface area contributed by atoms with E-state index in [-0.39, 0.29) is 0 Å². The number of carbonyl (C=O) groups is 4. The minimum absolute atomic E-state index is 0.712. The number of aliphatic hydroxyl groups excluding tert-OH is 2. The molecule has 0 aliphatic carbocycles. The maximum Gasteiger partial charge on any atom is 0.481 e. The molecule has 6 N–H and O–H groups in total. The van der Waals surface area contributed by atoms with Crippen molar-refractivity contribution in [1.82, 2.24) is 9.55 Å². The molecule has 52 heavy (non-hydrogen) atoms. The van der Waals surface area contributed by atoms with Crippen molar-refractivity contribution in [3.63, 3.8) is 0 Å². The highest BCUT2D eigenvalue weighted by molar-refractivity contribution is 8.08. The van der Waals surface area contributed by atoms with E-state index in [0.29, 0.717) is 4.57 Å². The third kappa shape index (κ3) is 10.9. The number of carbonyl (C=O) groups excluding carboxylic acids is 4. The van der Waals surface area contributed by atoms with Crippen molar-refractivity contribution in [3.05, 3.63) is 45.8 Å². The second-order valence-corrected chi connectivity index (χ2v) is 15.4. The molecule has 2 aliphatic heterocycles. The minimum Gasteiger partial charge on any atom is -0.462 e. The average molecular weight is 807 g/mol. The summed E-state index contributed by atoms with van der Waals surface area (Å²) in [5.41, 5.74) is -4.22. The van der Waals surface area contributed by atoms with E-state index in [4.69, 9.17) is 49.3 Å². The molecule has 0 radical (unpaired) electrons. The number of hydrogen-bond donors (Lipinski definition) is 6. The smallest absolute Gasteiger partial charge is 0.462 e. The average Bonchev–Trinajstić information content (AvgIpc) is 3.25. The first-order valence-electron chi connectivity index (χ1n) is 14.7. The molecule has 292 valence electrons. The third-order valence-corrected chi connectivity index (χ3v) is 10.6. The van der Waals surface area contributed by atoms with Crippen molar-refractivity contribution in [2.45, 2.75) is 88.5 Å². The number of ether oxygens (including phenoxy) is 6. The van der Waals surface area contributed by atoms with Crippen molar-refractivity contribution >= 4 is 50.2 Å². The molecule has 12 atom stereocenters. The molecule has 7 unspecified atom stereocenters. The molecule has 0 aromatic carbocycles. The number of hydrogen-bond acceptors (Lipinski definition) is 20. The van der Waals surface area contributed by atoms with Crippen LogP contribution in [0.1, 0.15) is 33.9 Å². The number of H-pyrrole nitrogens is 1. The van der Waals surface area contributed by atoms with Gasteiger partial charge in [-0.15, -0.1) is 0 Å². The fraction of sp³-hybridized carbons (Fsp3) is 0.615. The van der Waals surface area contributed by atoms with Gasteiger partial charge in [0.1, 0.15) is 31.0 Å². The molecule has 3 heterocycles. The van der Waals surface area contributed by atoms with E-state index in [1.807, 2.05) is 4.98 Å². The van der Waals surface area contributed by atoms with Gasteiger partial charge in [-0.25, -0.2) is 13.7 Å². The van der Waals surface area contributed by atoms with E-state index in [2.05, 4.69) is 10.9 Å². The summed E-state index contributed by atoms with van der Waals surface area (Å²) in [7, 11) is -5.74. The second-order valence-electron chi connectivity index (χ2n) is 11.1. The fourth-order valence-corrected chi connectivity index (χ4v) is 8.10. The van der Waals surface area contributed by atoms with Crippen LogP contribution in [0.25, 0.3) is 0 Å². The molecule has 0 spiro atoms. The van der Waals surface area contributed by atoms with E-state index < -0.39 is 124 Å². The molecule has 3 rings (SSSR count). The third-order valence-electron chi connectivity index (χ3n) is 7.10. The number of nitrogens with zero attached hydrogens (tertiary/aromatic N) is 1. The molecule has 2 fully saturated rings. The van der Waals surface area contributed by atoms with Gasteiger partial charge in [-0.1, -0.05) is 12.7 Å². The number of phosphoric acid groups is 1. The van der Waals surface area contributed by atoms with Crippen LogP contribution in [0.3, 0.4) is 0 Å². The zero-order chi connectivity index (χ0) is 39.3. The van der Waals surface area contributed by atoms with Crippen molar-refractivity contribution in [2.75, 3.05) is 13.2 Å². The summed E-state index contributed by atoms with van der Waals surface area (Å²) >= 11 is 4.79. The minimum atomic E-state index is -5.74. The Morgan fingerprint density at radius 1 is 1.06 bits per heavy atom. The lowest BCUT2D eigenvalue weighted by atomic mass is 9.94. The lowest BCUT2D eigenvalue weighted by molar-refractivity contribution is -0.299. The molecule has 2 saturated heterocycles. The monoisotopic (exact) mass is 806 g/mol. The summed E-state index contributed by atoms with van der Waals surface area (Å²) in [6.07, 6.45) is -15.5. The molecule has 2 aliphatic rings. The lowest BCUT2D eigenvalue weighted by Crippen LogP contribution is -2.64. The van der Waals surface area contributed by atoms with Crippen LogP contribution in [0.5, 0.6) is 0 Å². The Morgan fingerprint density at radius 2 is 1.67 bits per heavy atom. The summed E-state index contributed by atoms with van der Waals surface area (Å²) in [5, 5.41) is 32.9. The summed E-state index contributed by atoms with van der Waals surface area (Å²) in [5.74, 6) is -3.98. The molecule has 0 bridgehead atoms. The Bertz CT molecular complexity index is 1740. The van der Waals surface area contributed by atoms with Crippen LogP contribution in [0.2, 0.25) is 0 Å². The number of phosphoric ester groups is 1. The number of aliphatic hydroxyl groups is 3. The predicted molar refractivity (Wildman–Crippen MR) is 169 cm³/mol. The van der Waals surface area contributed by atoms with Gasteiger partial charge in [0.05, 0.1) is 6.61 Å². The van der Waals surface area contributed by atoms with E-state index >= 15 is 0 Å². The van der Waals surface area contributed by atoms with Crippen LogP contribution < -0.4 is 11.2 Å². The standard InChI is InChI=1S/C26H36N2O21P2S/c1-6-26(37)22(35)16(46-24(26)28-8-7-17(33)27-25(28)36)10-42-51(40,52)49-50(38,39)48-23-21(45-14(5)32)18(34)20(44-13(4)31)19(47-23)15(43-12(3)30)9-41-11(2)29/h6-8,15-16,18-24,34-35,37H,1,9-10H2,2-5H3,(H,38,39)(H,40,52)(H,27,33,36)/t15-,16+,18?,19?,20?,21?,22+,23?,24+,26+,51?/m0/s1. The SMILES string of the molecule is C=C[C@@]1(O)[C@H](O)[C@@H](COP(O)(=S)OP(=O)(O)OC2OC([C@H](COC(C)=O)OC(C)=O)C(OC(C)=O)C(O)C2OC(C)=O)O[C@H]1n1ccc(=O)[nH]c1=O. The quantitative estimate of drug-likeness (QED) is 0.0463. The highest BCUT2D eigenvalue weighted by atomic mass is 32.5. The topological polar surface area (TPSA) is 324 Å². The number of nitrogens with one attached hydrogen (secondary N) is 1. The lowest BCUT2D eigenvalue weighted by Gasteiger charge is -2.44. The fourth-order valence-electron chi connectivity index (χ4n) is 5.01. The van der Waals surface area contributed by atoms with Gasteiger partial charge in [0.15, 0.2) is 30.1 Å². The summed E-state index contributed by atoms with van der Waals surface area (Å²) in [6.45, 7) is 0.465. The molecule has 0 amide bonds. The second kappa shape index (κ2) is 17.3. The van der Waals surface area contributed by atoms with E-state index in [1.165, 1.54) is 0 Å². The number of aromatic nitrogens is 2. The Balaban J connectivity index is 1.85. The van der Waals surface area contributed by atoms with Gasteiger partial charge in [0, 0.05) is 40.0 Å². The maximum atomic E-state index is 13.2. The summed E-state index contributed by atoms with van der Waals surface area (Å²) < 4.78 is 59.7. The van der Waals surface area contributed by atoms with Crippen LogP contribution in [0.15, 0.2) is 34.5 Å². The van der Waals surface area contributed by atoms with E-state index in [0.717, 1.165) is 46.0 Å². The van der Waals surface area contributed by atoms with Gasteiger partial charge >= 0.3 is 44.1 Å². The first kappa shape index (κ1) is 43.2. The molecule has 23 nitrogen and oxygen atoms in total. The Labute approximate surface area is 297 Å². The van der Waals surface area contributed by atoms with Gasteiger partial charge in [-0.2, -0.15) is 0 Å². The van der Waals surface area contributed by atoms with Crippen LogP contribution in [-0.2, 0) is 77.3 Å². The van der Waals surface area contributed by atoms with Gasteiger partial charge in [-0.3, -0.25) is 38.0 Å². The summed E-state index contributed by atoms with van der Waals surface area (Å²) in [6, 6.07) is 0.917. The maximum absolute atomic E-state index is 13.2. The Kier molecular flexibility index (Phi) is 14.4. The molecule has 1 aromatic rings. The zero-order valence-electron chi connectivity index (χ0n) is 27.6. The highest BCUT2D eigenvalue weighted by Gasteiger charge is 2.57. The van der Waals surface area contributed by atoms with Gasteiger partial charge < -0.3 is 58.1 Å². The van der Waals surface area contributed by atoms with Crippen LogP contribution in [-0.4, -0.2) is 126 Å². The number of esters is 4. The number of rotatable bonds is 15. The normalized spacial score (nSPS) is 31.6. The van der Waals surface area contributed by atoms with Crippen molar-refractivity contribution < 1.29 is 90.6 Å². The van der Waals surface area contributed by atoms with Crippen molar-refractivity contribution in [1.29, 1.82) is 0 Å². The van der Waals surface area contributed by atoms with E-state index in [1.54, 1.807) is 0 Å². The van der Waals surface area contributed by atoms with Crippen molar-refractivity contribution in [2.24, 2.45) is 0 Å². The van der Waals surface area contributed by atoms with Crippen molar-refractivity contribution in [3.8, 4) is 0 Å². The van der Waals surface area contributed by atoms with Gasteiger partial charge in [-0.05, 0) is 11.8 Å². The van der Waals surface area contributed by atoms with Gasteiger partial charge in [0.25, 0.3) is 5.56 Å². The Morgan fingerprint density at radius 3 is 2.21 bits per heavy atom. The molecule has 0 saturated carbocycles. The predicted octanol–water partition coefficient (Wildman–Crippen LogP) is -2.48. The van der Waals surface area contributed by atoms with Crippen LogP contribution >= 0.6 is 14.5 Å². The first-order valence-corrected chi connectivity index (χ1v) is 18.8. The first-order chi connectivity index (χ1) is 24.0. The van der Waals surface area contributed by atoms with Crippen LogP contribution in [0.4, 0.5) is 0 Å².